The highest BCUT2D eigenvalue weighted by molar-refractivity contribution is 6.30. The lowest BCUT2D eigenvalue weighted by atomic mass is 9.99. The minimum Gasteiger partial charge on any atom is -0.334 e. The summed E-state index contributed by atoms with van der Waals surface area (Å²) in [6, 6.07) is 23.2. The summed E-state index contributed by atoms with van der Waals surface area (Å²) in [7, 11) is 0. The van der Waals surface area contributed by atoms with Crippen molar-refractivity contribution in [3.63, 3.8) is 0 Å². The maximum Gasteiger partial charge on any atom is 0.304 e. The summed E-state index contributed by atoms with van der Waals surface area (Å²) >= 11 is 6.08. The van der Waals surface area contributed by atoms with Crippen molar-refractivity contribution in [1.82, 2.24) is 10.7 Å². The third-order valence-electron chi connectivity index (χ3n) is 5.56. The molecule has 1 aliphatic heterocycles. The molecule has 0 bridgehead atoms. The van der Waals surface area contributed by atoms with Crippen molar-refractivity contribution in [2.75, 3.05) is 0 Å². The van der Waals surface area contributed by atoms with Gasteiger partial charge in [0.25, 0.3) is 5.91 Å². The molecule has 2 atom stereocenters. The minimum absolute atomic E-state index is 0.274. The van der Waals surface area contributed by atoms with Crippen molar-refractivity contribution in [3.05, 3.63) is 106 Å². The first-order chi connectivity index (χ1) is 15.4. The van der Waals surface area contributed by atoms with Crippen LogP contribution in [0.3, 0.4) is 0 Å². The molecule has 0 unspecified atom stereocenters. The molecular formula is C26H25ClN3O2+. The van der Waals surface area contributed by atoms with E-state index in [0.717, 1.165) is 11.1 Å². The molecule has 4 rings (SSSR count). The monoisotopic (exact) mass is 446 g/mol. The van der Waals surface area contributed by atoms with Crippen LogP contribution in [-0.2, 0) is 4.79 Å². The van der Waals surface area contributed by atoms with Gasteiger partial charge in [-0.15, -0.1) is 10.1 Å². The van der Waals surface area contributed by atoms with Gasteiger partial charge in [-0.1, -0.05) is 67.9 Å². The number of carbonyl (C=O) groups excluding carboxylic acids is 2. The number of carbonyl (C=O) groups is 2. The zero-order chi connectivity index (χ0) is 22.7. The topological polar surface area (TPSA) is 61.2 Å². The average molecular weight is 447 g/mol. The molecule has 5 nitrogen and oxygen atoms in total. The van der Waals surface area contributed by atoms with Crippen LogP contribution in [0, 0.1) is 0 Å². The molecule has 0 saturated carbocycles. The molecule has 0 aromatic heterocycles. The highest BCUT2D eigenvalue weighted by Crippen LogP contribution is 2.27. The molecule has 6 heteroatoms. The van der Waals surface area contributed by atoms with Gasteiger partial charge in [-0.3, -0.25) is 9.59 Å². The lowest BCUT2D eigenvalue weighted by molar-refractivity contribution is -0.596. The normalized spacial score (nSPS) is 19.2. The van der Waals surface area contributed by atoms with Crippen molar-refractivity contribution < 1.29 is 14.3 Å². The van der Waals surface area contributed by atoms with E-state index in [9.17, 15) is 9.59 Å². The molecule has 2 N–H and O–H groups in total. The number of hydrazine groups is 1. The van der Waals surface area contributed by atoms with Gasteiger partial charge < -0.3 is 5.32 Å². The standard InChI is InChI=1S/C26H24ClN3O2/c1-17(2)19-10-8-18(9-11-19)16-30-24(20-12-14-22(27)15-13-20)23(26(32)29-30)28-25(31)21-6-4-3-5-7-21/h3-17,23-24H,1-2H3,(H-,28,29,31,32)/p+1/b30-16-/t23-,24-/m0/s1. The Morgan fingerprint density at radius 1 is 1.00 bits per heavy atom. The molecule has 3 aromatic carbocycles. The smallest absolute Gasteiger partial charge is 0.304 e. The number of nitrogens with one attached hydrogen (secondary N) is 2. The molecule has 0 spiro atoms. The minimum atomic E-state index is -0.768. The number of hydrogen-bond acceptors (Lipinski definition) is 2. The first-order valence-corrected chi connectivity index (χ1v) is 11.0. The zero-order valence-electron chi connectivity index (χ0n) is 18.0. The van der Waals surface area contributed by atoms with Gasteiger partial charge in [0.2, 0.25) is 12.3 Å². The van der Waals surface area contributed by atoms with Gasteiger partial charge in [0.15, 0.2) is 6.04 Å². The fraction of sp³-hybridized carbons (Fsp3) is 0.192. The molecule has 1 aliphatic rings. The number of nitrogens with zero attached hydrogens (tertiary/aromatic N) is 1. The third kappa shape index (κ3) is 4.73. The number of rotatable bonds is 5. The second-order valence-electron chi connectivity index (χ2n) is 8.15. The Morgan fingerprint density at radius 2 is 1.66 bits per heavy atom. The van der Waals surface area contributed by atoms with Crippen molar-refractivity contribution in [3.8, 4) is 0 Å². The molecule has 162 valence electrons. The van der Waals surface area contributed by atoms with Crippen LogP contribution in [0.2, 0.25) is 5.02 Å². The predicted octanol–water partition coefficient (Wildman–Crippen LogP) is 4.48. The van der Waals surface area contributed by atoms with Gasteiger partial charge in [0.05, 0.1) is 0 Å². The van der Waals surface area contributed by atoms with Crippen LogP contribution in [-0.4, -0.2) is 28.8 Å². The Hall–Kier alpha value is -3.44. The van der Waals surface area contributed by atoms with E-state index in [4.69, 9.17) is 11.6 Å². The third-order valence-corrected chi connectivity index (χ3v) is 5.81. The molecular weight excluding hydrogens is 422 g/mol. The first kappa shape index (κ1) is 21.8. The predicted molar refractivity (Wildman–Crippen MR) is 126 cm³/mol. The fourth-order valence-corrected chi connectivity index (χ4v) is 3.91. The van der Waals surface area contributed by atoms with Gasteiger partial charge in [-0.05, 0) is 47.9 Å². The van der Waals surface area contributed by atoms with E-state index in [1.807, 2.05) is 36.5 Å². The summed E-state index contributed by atoms with van der Waals surface area (Å²) in [6.07, 6.45) is 1.88. The Balaban J connectivity index is 1.69. The van der Waals surface area contributed by atoms with Gasteiger partial charge in [-0.2, -0.15) is 0 Å². The van der Waals surface area contributed by atoms with E-state index in [2.05, 4.69) is 36.7 Å². The van der Waals surface area contributed by atoms with Gasteiger partial charge in [0.1, 0.15) is 0 Å². The lowest BCUT2D eigenvalue weighted by Crippen LogP contribution is -2.42. The molecule has 3 aromatic rings. The van der Waals surface area contributed by atoms with Gasteiger partial charge in [0, 0.05) is 21.7 Å². The summed E-state index contributed by atoms with van der Waals surface area (Å²) in [5.41, 5.74) is 6.46. The summed E-state index contributed by atoms with van der Waals surface area (Å²) in [5, 5.41) is 3.51. The molecule has 2 amide bonds. The number of hydrogen-bond donors (Lipinski definition) is 2. The lowest BCUT2D eigenvalue weighted by Gasteiger charge is -2.15. The summed E-state index contributed by atoms with van der Waals surface area (Å²) < 4.78 is 1.76. The molecule has 1 heterocycles. The zero-order valence-corrected chi connectivity index (χ0v) is 18.7. The summed E-state index contributed by atoms with van der Waals surface area (Å²) in [4.78, 5) is 25.7. The molecule has 0 aliphatic carbocycles. The van der Waals surface area contributed by atoms with Crippen LogP contribution >= 0.6 is 11.6 Å². The molecule has 32 heavy (non-hydrogen) atoms. The van der Waals surface area contributed by atoms with Crippen molar-refractivity contribution >= 4 is 29.6 Å². The van der Waals surface area contributed by atoms with E-state index in [-0.39, 0.29) is 11.8 Å². The van der Waals surface area contributed by atoms with Crippen LogP contribution in [0.15, 0.2) is 78.9 Å². The fourth-order valence-electron chi connectivity index (χ4n) is 3.78. The van der Waals surface area contributed by atoms with Crippen molar-refractivity contribution in [2.45, 2.75) is 31.8 Å². The number of benzene rings is 3. The van der Waals surface area contributed by atoms with Gasteiger partial charge >= 0.3 is 5.91 Å². The average Bonchev–Trinajstić information content (AvgIpc) is 3.09. The van der Waals surface area contributed by atoms with E-state index in [0.29, 0.717) is 16.5 Å². The molecule has 0 radical (unpaired) electrons. The van der Waals surface area contributed by atoms with E-state index in [1.54, 1.807) is 41.1 Å². The van der Waals surface area contributed by atoms with E-state index in [1.165, 1.54) is 5.56 Å². The molecule has 1 saturated heterocycles. The van der Waals surface area contributed by atoms with E-state index < -0.39 is 12.1 Å². The Labute approximate surface area is 192 Å². The Bertz CT molecular complexity index is 1140. The van der Waals surface area contributed by atoms with Crippen LogP contribution < -0.4 is 10.7 Å². The number of amides is 2. The largest absolute Gasteiger partial charge is 0.334 e. The first-order valence-electron chi connectivity index (χ1n) is 10.6. The van der Waals surface area contributed by atoms with Crippen LogP contribution in [0.4, 0.5) is 0 Å². The SMILES string of the molecule is CC(C)c1ccc(/C=[N+]2\NC(=O)[C@@H](NC(=O)c3ccccc3)[C@@H]2c2ccc(Cl)cc2)cc1. The van der Waals surface area contributed by atoms with Crippen LogP contribution in [0.1, 0.15) is 52.9 Å². The van der Waals surface area contributed by atoms with Crippen molar-refractivity contribution in [2.24, 2.45) is 0 Å². The highest BCUT2D eigenvalue weighted by Gasteiger charge is 2.47. The Morgan fingerprint density at radius 3 is 2.28 bits per heavy atom. The Kier molecular flexibility index (Phi) is 6.37. The second kappa shape index (κ2) is 9.37. The van der Waals surface area contributed by atoms with E-state index >= 15 is 0 Å². The maximum atomic E-state index is 12.9. The number of halogens is 1. The number of hydrazone groups is 1. The van der Waals surface area contributed by atoms with Crippen LogP contribution in [0.5, 0.6) is 0 Å². The second-order valence-corrected chi connectivity index (χ2v) is 8.58. The quantitative estimate of drug-likeness (QED) is 0.567. The van der Waals surface area contributed by atoms with Crippen LogP contribution in [0.25, 0.3) is 0 Å². The van der Waals surface area contributed by atoms with Gasteiger partial charge in [-0.25, -0.2) is 0 Å². The maximum absolute atomic E-state index is 12.9. The molecule has 1 fully saturated rings. The summed E-state index contributed by atoms with van der Waals surface area (Å²) in [5.74, 6) is -0.132. The highest BCUT2D eigenvalue weighted by atomic mass is 35.5. The van der Waals surface area contributed by atoms with Crippen molar-refractivity contribution in [1.29, 1.82) is 0 Å². The summed E-state index contributed by atoms with van der Waals surface area (Å²) in [6.45, 7) is 4.30.